The fourth-order valence-corrected chi connectivity index (χ4v) is 4.00. The SMILES string of the molecule is COC(=O)C(c1ccccc1F)N1CCC2SC(=O)C=C2C1. The molecule has 2 heterocycles. The number of hydrogen-bond acceptors (Lipinski definition) is 5. The molecule has 0 N–H and O–H groups in total. The number of likely N-dealkylation sites (tertiary alicyclic amines) is 1. The molecule has 0 aromatic heterocycles. The summed E-state index contributed by atoms with van der Waals surface area (Å²) in [5, 5.41) is 0.255. The predicted octanol–water partition coefficient (Wildman–Crippen LogP) is 2.31. The third-order valence-electron chi connectivity index (χ3n) is 4.03. The van der Waals surface area contributed by atoms with Crippen molar-refractivity contribution in [3.63, 3.8) is 0 Å². The zero-order valence-electron chi connectivity index (χ0n) is 12.1. The number of nitrogens with zero attached hydrogens (tertiary/aromatic N) is 1. The van der Waals surface area contributed by atoms with Crippen LogP contribution in [0.3, 0.4) is 0 Å². The Morgan fingerprint density at radius 2 is 2.23 bits per heavy atom. The van der Waals surface area contributed by atoms with Gasteiger partial charge in [-0.15, -0.1) is 0 Å². The Morgan fingerprint density at radius 1 is 1.45 bits per heavy atom. The zero-order valence-corrected chi connectivity index (χ0v) is 12.9. The van der Waals surface area contributed by atoms with E-state index in [1.165, 1.54) is 24.9 Å². The number of carbonyl (C=O) groups is 2. The van der Waals surface area contributed by atoms with Gasteiger partial charge in [-0.3, -0.25) is 9.69 Å². The normalized spacial score (nSPS) is 22.9. The second kappa shape index (κ2) is 6.22. The fourth-order valence-electron chi connectivity index (χ4n) is 2.98. The van der Waals surface area contributed by atoms with E-state index in [1.807, 2.05) is 4.90 Å². The summed E-state index contributed by atoms with van der Waals surface area (Å²) in [4.78, 5) is 25.6. The molecule has 0 amide bonds. The molecule has 1 aromatic rings. The first-order valence-corrected chi connectivity index (χ1v) is 7.95. The Labute approximate surface area is 132 Å². The summed E-state index contributed by atoms with van der Waals surface area (Å²) >= 11 is 1.33. The molecular weight excluding hydrogens is 305 g/mol. The number of thioether (sulfide) groups is 1. The van der Waals surface area contributed by atoms with Crippen molar-refractivity contribution in [3.8, 4) is 0 Å². The molecule has 3 rings (SSSR count). The molecule has 0 aliphatic carbocycles. The average molecular weight is 321 g/mol. The maximum atomic E-state index is 14.1. The highest BCUT2D eigenvalue weighted by molar-refractivity contribution is 8.15. The number of carbonyl (C=O) groups excluding carboxylic acids is 2. The van der Waals surface area contributed by atoms with Gasteiger partial charge in [0.2, 0.25) is 5.12 Å². The van der Waals surface area contributed by atoms with Gasteiger partial charge in [0.25, 0.3) is 0 Å². The number of hydrogen-bond donors (Lipinski definition) is 0. The number of ether oxygens (including phenoxy) is 1. The molecule has 22 heavy (non-hydrogen) atoms. The molecule has 0 radical (unpaired) electrons. The van der Waals surface area contributed by atoms with Crippen LogP contribution in [0.4, 0.5) is 4.39 Å². The van der Waals surface area contributed by atoms with Crippen molar-refractivity contribution >= 4 is 22.8 Å². The summed E-state index contributed by atoms with van der Waals surface area (Å²) in [5.41, 5.74) is 1.32. The van der Waals surface area contributed by atoms with Crippen LogP contribution in [0.15, 0.2) is 35.9 Å². The molecule has 6 heteroatoms. The molecule has 0 bridgehead atoms. The minimum absolute atomic E-state index is 0.0577. The van der Waals surface area contributed by atoms with Gasteiger partial charge >= 0.3 is 5.97 Å². The molecule has 4 nitrogen and oxygen atoms in total. The summed E-state index contributed by atoms with van der Waals surface area (Å²) in [7, 11) is 1.30. The van der Waals surface area contributed by atoms with Gasteiger partial charge < -0.3 is 4.74 Å². The van der Waals surface area contributed by atoms with Crippen LogP contribution >= 0.6 is 11.8 Å². The summed E-state index contributed by atoms with van der Waals surface area (Å²) < 4.78 is 19.0. The maximum Gasteiger partial charge on any atom is 0.327 e. The second-order valence-corrected chi connectivity index (χ2v) is 6.56. The Bertz CT molecular complexity index is 646. The molecule has 2 aliphatic heterocycles. The highest BCUT2D eigenvalue weighted by Gasteiger charge is 2.37. The van der Waals surface area contributed by atoms with Gasteiger partial charge in [-0.25, -0.2) is 9.18 Å². The number of halogens is 1. The Kier molecular flexibility index (Phi) is 4.31. The molecule has 2 unspecified atom stereocenters. The average Bonchev–Trinajstić information content (AvgIpc) is 2.88. The minimum Gasteiger partial charge on any atom is -0.468 e. The fraction of sp³-hybridized carbons (Fsp3) is 0.375. The number of methoxy groups -OCH3 is 1. The van der Waals surface area contributed by atoms with E-state index in [4.69, 9.17) is 4.74 Å². The van der Waals surface area contributed by atoms with Crippen molar-refractivity contribution in [1.29, 1.82) is 0 Å². The third kappa shape index (κ3) is 2.80. The van der Waals surface area contributed by atoms with E-state index in [2.05, 4.69) is 0 Å². The lowest BCUT2D eigenvalue weighted by Gasteiger charge is -2.36. The smallest absolute Gasteiger partial charge is 0.327 e. The van der Waals surface area contributed by atoms with Crippen LogP contribution in [-0.2, 0) is 14.3 Å². The van der Waals surface area contributed by atoms with Crippen molar-refractivity contribution in [2.75, 3.05) is 20.2 Å². The number of piperidine rings is 1. The van der Waals surface area contributed by atoms with Crippen molar-refractivity contribution < 1.29 is 18.7 Å². The minimum atomic E-state index is -0.784. The Morgan fingerprint density at radius 3 is 2.95 bits per heavy atom. The van der Waals surface area contributed by atoms with Crippen LogP contribution in [0.1, 0.15) is 18.0 Å². The lowest BCUT2D eigenvalue weighted by atomic mass is 9.98. The topological polar surface area (TPSA) is 46.6 Å². The standard InChI is InChI=1S/C16H16FNO3S/c1-21-16(20)15(11-4-2-3-5-12(11)17)18-7-6-13-10(9-18)8-14(19)22-13/h2-5,8,13,15H,6-7,9H2,1H3. The quantitative estimate of drug-likeness (QED) is 0.800. The van der Waals surface area contributed by atoms with Gasteiger partial charge in [-0.2, -0.15) is 0 Å². The van der Waals surface area contributed by atoms with Gasteiger partial charge in [0.1, 0.15) is 11.9 Å². The molecule has 1 fully saturated rings. The van der Waals surface area contributed by atoms with Crippen molar-refractivity contribution in [2.45, 2.75) is 17.7 Å². The number of rotatable bonds is 3. The van der Waals surface area contributed by atoms with E-state index in [-0.39, 0.29) is 10.4 Å². The number of fused-ring (bicyclic) bond motifs is 1. The lowest BCUT2D eigenvalue weighted by molar-refractivity contribution is -0.147. The first-order chi connectivity index (χ1) is 10.6. The van der Waals surface area contributed by atoms with Gasteiger partial charge in [-0.05, 0) is 24.1 Å². The van der Waals surface area contributed by atoms with Gasteiger partial charge in [0.15, 0.2) is 0 Å². The molecule has 2 atom stereocenters. The molecular formula is C16H16FNO3S. The Hall–Kier alpha value is -1.66. The highest BCUT2D eigenvalue weighted by Crippen LogP contribution is 2.37. The summed E-state index contributed by atoms with van der Waals surface area (Å²) in [6.07, 6.45) is 2.40. The third-order valence-corrected chi connectivity index (χ3v) is 5.20. The van der Waals surface area contributed by atoms with Crippen molar-refractivity contribution in [1.82, 2.24) is 4.90 Å². The van der Waals surface area contributed by atoms with Crippen LogP contribution in [0.5, 0.6) is 0 Å². The maximum absolute atomic E-state index is 14.1. The number of benzene rings is 1. The summed E-state index contributed by atoms with van der Waals surface area (Å²) in [6, 6.07) is 5.45. The first-order valence-electron chi connectivity index (χ1n) is 7.07. The van der Waals surface area contributed by atoms with Gasteiger partial charge in [-0.1, -0.05) is 30.0 Å². The first kappa shape index (κ1) is 15.2. The van der Waals surface area contributed by atoms with E-state index >= 15 is 0 Å². The van der Waals surface area contributed by atoms with Crippen LogP contribution in [0, 0.1) is 5.82 Å². The predicted molar refractivity (Wildman–Crippen MR) is 81.8 cm³/mol. The van der Waals surface area contributed by atoms with Gasteiger partial charge in [0.05, 0.1) is 7.11 Å². The van der Waals surface area contributed by atoms with Gasteiger partial charge in [0, 0.05) is 23.9 Å². The second-order valence-electron chi connectivity index (χ2n) is 5.35. The van der Waals surface area contributed by atoms with Crippen LogP contribution < -0.4 is 0 Å². The van der Waals surface area contributed by atoms with E-state index in [0.29, 0.717) is 18.7 Å². The summed E-state index contributed by atoms with van der Waals surface area (Å²) in [6.45, 7) is 1.11. The van der Waals surface area contributed by atoms with Crippen LogP contribution in [0.25, 0.3) is 0 Å². The summed E-state index contributed by atoms with van der Waals surface area (Å²) in [5.74, 6) is -0.910. The molecule has 2 aliphatic rings. The molecule has 1 aromatic carbocycles. The number of esters is 1. The highest BCUT2D eigenvalue weighted by atomic mass is 32.2. The molecule has 0 spiro atoms. The van der Waals surface area contributed by atoms with E-state index < -0.39 is 17.8 Å². The van der Waals surface area contributed by atoms with Crippen molar-refractivity contribution in [2.24, 2.45) is 0 Å². The molecule has 116 valence electrons. The molecule has 1 saturated heterocycles. The van der Waals surface area contributed by atoms with Crippen LogP contribution in [0.2, 0.25) is 0 Å². The van der Waals surface area contributed by atoms with E-state index in [0.717, 1.165) is 12.0 Å². The Balaban J connectivity index is 1.91. The zero-order chi connectivity index (χ0) is 15.7. The monoisotopic (exact) mass is 321 g/mol. The van der Waals surface area contributed by atoms with E-state index in [9.17, 15) is 14.0 Å². The van der Waals surface area contributed by atoms with Crippen molar-refractivity contribution in [3.05, 3.63) is 47.3 Å². The largest absolute Gasteiger partial charge is 0.468 e. The lowest BCUT2D eigenvalue weighted by Crippen LogP contribution is -2.42. The van der Waals surface area contributed by atoms with Crippen LogP contribution in [-0.4, -0.2) is 41.4 Å². The molecule has 0 saturated carbocycles. The van der Waals surface area contributed by atoms with E-state index in [1.54, 1.807) is 24.3 Å².